The maximum atomic E-state index is 14.2. The van der Waals surface area contributed by atoms with Crippen LogP contribution in [0.2, 0.25) is 0 Å². The van der Waals surface area contributed by atoms with Gasteiger partial charge in [0.1, 0.15) is 17.1 Å². The van der Waals surface area contributed by atoms with Crippen molar-refractivity contribution in [1.82, 2.24) is 0 Å². The van der Waals surface area contributed by atoms with Crippen molar-refractivity contribution >= 4 is 5.97 Å². The zero-order chi connectivity index (χ0) is 25.2. The molecular weight excluding hydrogens is 450 g/mol. The molecule has 0 aliphatic rings. The molecule has 0 N–H and O–H groups in total. The van der Waals surface area contributed by atoms with E-state index in [2.05, 4.69) is 0 Å². The van der Waals surface area contributed by atoms with Crippen LogP contribution in [0.15, 0.2) is 48.5 Å². The van der Waals surface area contributed by atoms with Gasteiger partial charge in [-0.25, -0.2) is 0 Å². The fourth-order valence-electron chi connectivity index (χ4n) is 3.26. The predicted molar refractivity (Wildman–Crippen MR) is 111 cm³/mol. The van der Waals surface area contributed by atoms with Gasteiger partial charge in [-0.05, 0) is 62.6 Å². The molecule has 1 atom stereocenters. The number of rotatable bonds is 6. The molecule has 0 spiro atoms. The molecule has 1 unspecified atom stereocenters. The highest BCUT2D eigenvalue weighted by molar-refractivity contribution is 5.74. The summed E-state index contributed by atoms with van der Waals surface area (Å²) in [5.41, 5.74) is -7.03. The summed E-state index contributed by atoms with van der Waals surface area (Å²) in [6.07, 6.45) is -11.0. The zero-order valence-corrected chi connectivity index (χ0v) is 18.9. The molecule has 0 bridgehead atoms. The second-order valence-electron chi connectivity index (χ2n) is 8.74. The van der Waals surface area contributed by atoms with Crippen LogP contribution in [0, 0.1) is 5.92 Å². The standard InChI is InChI=1S/C24H26F6O3/c1-6-15(2)20(31)32-18-11-7-16(8-12-18)22(23(25,26)27,24(28,29)30)17-9-13-19(14-10-17)33-21(3,4)5/h7-15H,6H2,1-5H3. The van der Waals surface area contributed by atoms with Crippen LogP contribution < -0.4 is 9.47 Å². The SMILES string of the molecule is CCC(C)C(=O)Oc1ccc(C(c2ccc(OC(C)(C)C)cc2)(C(F)(F)F)C(F)(F)F)cc1. The van der Waals surface area contributed by atoms with Crippen LogP contribution in [0.1, 0.15) is 52.2 Å². The van der Waals surface area contributed by atoms with Crippen LogP contribution in [-0.4, -0.2) is 23.9 Å². The molecule has 0 radical (unpaired) electrons. The van der Waals surface area contributed by atoms with Crippen LogP contribution >= 0.6 is 0 Å². The van der Waals surface area contributed by atoms with E-state index in [1.807, 2.05) is 0 Å². The van der Waals surface area contributed by atoms with Crippen molar-refractivity contribution in [1.29, 1.82) is 0 Å². The van der Waals surface area contributed by atoms with Crippen molar-refractivity contribution in [2.75, 3.05) is 0 Å². The lowest BCUT2D eigenvalue weighted by molar-refractivity contribution is -0.288. The number of hydrogen-bond donors (Lipinski definition) is 0. The molecule has 3 nitrogen and oxygen atoms in total. The highest BCUT2D eigenvalue weighted by Crippen LogP contribution is 2.56. The number of carbonyl (C=O) groups excluding carboxylic acids is 1. The Hall–Kier alpha value is -2.71. The average molecular weight is 476 g/mol. The van der Waals surface area contributed by atoms with Crippen molar-refractivity contribution in [2.24, 2.45) is 5.92 Å². The van der Waals surface area contributed by atoms with E-state index in [1.54, 1.807) is 34.6 Å². The lowest BCUT2D eigenvalue weighted by Crippen LogP contribution is -2.54. The highest BCUT2D eigenvalue weighted by atomic mass is 19.4. The summed E-state index contributed by atoms with van der Waals surface area (Å²) in [6.45, 7) is 8.45. The van der Waals surface area contributed by atoms with E-state index >= 15 is 0 Å². The number of ether oxygens (including phenoxy) is 2. The topological polar surface area (TPSA) is 35.5 Å². The Labute approximate surface area is 188 Å². The maximum Gasteiger partial charge on any atom is 0.411 e. The van der Waals surface area contributed by atoms with E-state index in [0.29, 0.717) is 18.6 Å². The minimum Gasteiger partial charge on any atom is -0.488 e. The van der Waals surface area contributed by atoms with Gasteiger partial charge in [-0.2, -0.15) is 26.3 Å². The monoisotopic (exact) mass is 476 g/mol. The van der Waals surface area contributed by atoms with E-state index < -0.39 is 46.4 Å². The van der Waals surface area contributed by atoms with Crippen LogP contribution in [0.5, 0.6) is 11.5 Å². The minimum absolute atomic E-state index is 0.136. The summed E-state index contributed by atoms with van der Waals surface area (Å²) in [5, 5.41) is 0. The fourth-order valence-corrected chi connectivity index (χ4v) is 3.26. The smallest absolute Gasteiger partial charge is 0.411 e. The molecule has 0 saturated carbocycles. The largest absolute Gasteiger partial charge is 0.488 e. The molecule has 0 amide bonds. The van der Waals surface area contributed by atoms with Gasteiger partial charge in [0.05, 0.1) is 5.92 Å². The second kappa shape index (κ2) is 9.27. The van der Waals surface area contributed by atoms with E-state index in [4.69, 9.17) is 9.47 Å². The van der Waals surface area contributed by atoms with E-state index in [0.717, 1.165) is 36.4 Å². The quantitative estimate of drug-likeness (QED) is 0.251. The minimum atomic E-state index is -5.72. The van der Waals surface area contributed by atoms with Crippen LogP contribution in [-0.2, 0) is 10.2 Å². The van der Waals surface area contributed by atoms with Gasteiger partial charge in [0, 0.05) is 0 Å². The number of alkyl halides is 6. The summed E-state index contributed by atoms with van der Waals surface area (Å²) < 4.78 is 96.0. The van der Waals surface area contributed by atoms with E-state index in [9.17, 15) is 31.1 Å². The molecule has 0 aliphatic carbocycles. The molecular formula is C24H26F6O3. The first-order valence-electron chi connectivity index (χ1n) is 10.3. The molecule has 182 valence electrons. The van der Waals surface area contributed by atoms with Gasteiger partial charge in [-0.1, -0.05) is 38.1 Å². The Morgan fingerprint density at radius 1 is 0.788 bits per heavy atom. The molecule has 2 aromatic carbocycles. The van der Waals surface area contributed by atoms with Gasteiger partial charge in [-0.3, -0.25) is 4.79 Å². The highest BCUT2D eigenvalue weighted by Gasteiger charge is 2.72. The molecule has 0 aromatic heterocycles. The molecule has 0 saturated heterocycles. The number of esters is 1. The first-order valence-corrected chi connectivity index (χ1v) is 10.3. The molecule has 33 heavy (non-hydrogen) atoms. The van der Waals surface area contributed by atoms with Gasteiger partial charge < -0.3 is 9.47 Å². The summed E-state index contributed by atoms with van der Waals surface area (Å²) in [5.74, 6) is -1.10. The molecule has 2 rings (SSSR count). The molecule has 0 heterocycles. The van der Waals surface area contributed by atoms with E-state index in [1.165, 1.54) is 0 Å². The number of carbonyl (C=O) groups is 1. The maximum absolute atomic E-state index is 14.2. The van der Waals surface area contributed by atoms with Crippen molar-refractivity contribution in [3.05, 3.63) is 59.7 Å². The number of hydrogen-bond acceptors (Lipinski definition) is 3. The second-order valence-corrected chi connectivity index (χ2v) is 8.74. The fraction of sp³-hybridized carbons (Fsp3) is 0.458. The van der Waals surface area contributed by atoms with Gasteiger partial charge in [0.25, 0.3) is 0 Å². The number of halogens is 6. The third-order valence-corrected chi connectivity index (χ3v) is 5.08. The molecule has 0 fully saturated rings. The van der Waals surface area contributed by atoms with Crippen LogP contribution in [0.3, 0.4) is 0 Å². The Morgan fingerprint density at radius 2 is 1.18 bits per heavy atom. The van der Waals surface area contributed by atoms with Crippen LogP contribution in [0.25, 0.3) is 0 Å². The predicted octanol–water partition coefficient (Wildman–Crippen LogP) is 7.23. The van der Waals surface area contributed by atoms with Crippen molar-refractivity contribution in [3.63, 3.8) is 0 Å². The summed E-state index contributed by atoms with van der Waals surface area (Å²) in [4.78, 5) is 11.9. The van der Waals surface area contributed by atoms with Crippen molar-refractivity contribution in [2.45, 2.75) is 64.4 Å². The zero-order valence-electron chi connectivity index (χ0n) is 18.9. The molecule has 9 heteroatoms. The van der Waals surface area contributed by atoms with E-state index in [-0.39, 0.29) is 11.5 Å². The summed E-state index contributed by atoms with van der Waals surface area (Å²) >= 11 is 0. The van der Waals surface area contributed by atoms with Crippen molar-refractivity contribution in [3.8, 4) is 11.5 Å². The summed E-state index contributed by atoms with van der Waals surface area (Å²) in [7, 11) is 0. The van der Waals surface area contributed by atoms with Gasteiger partial charge >= 0.3 is 18.3 Å². The molecule has 0 aliphatic heterocycles. The average Bonchev–Trinajstić information content (AvgIpc) is 2.67. The summed E-state index contributed by atoms with van der Waals surface area (Å²) in [6, 6.07) is 6.90. The van der Waals surface area contributed by atoms with Crippen molar-refractivity contribution < 1.29 is 40.6 Å². The van der Waals surface area contributed by atoms with Gasteiger partial charge in [0.2, 0.25) is 5.41 Å². The Morgan fingerprint density at radius 3 is 1.52 bits per heavy atom. The first kappa shape index (κ1) is 26.5. The third-order valence-electron chi connectivity index (χ3n) is 5.08. The molecule has 2 aromatic rings. The van der Waals surface area contributed by atoms with Gasteiger partial charge in [0.15, 0.2) is 0 Å². The Kier molecular flexibility index (Phi) is 7.45. The lowest BCUT2D eigenvalue weighted by Gasteiger charge is -2.38. The normalized spacial score (nSPS) is 14.0. The Balaban J connectivity index is 2.59. The lowest BCUT2D eigenvalue weighted by atomic mass is 9.73. The Bertz CT molecular complexity index is 925. The first-order chi connectivity index (χ1) is 15.0. The van der Waals surface area contributed by atoms with Gasteiger partial charge in [-0.15, -0.1) is 0 Å². The number of benzene rings is 2. The van der Waals surface area contributed by atoms with Crippen LogP contribution in [0.4, 0.5) is 26.3 Å². The third kappa shape index (κ3) is 5.62.